The molecule has 2 rings (SSSR count). The molecule has 0 heterocycles. The fraction of sp³-hybridized carbons (Fsp3) is 0.750. The van der Waals surface area contributed by atoms with Crippen LogP contribution in [0, 0.1) is 17.8 Å². The van der Waals surface area contributed by atoms with Crippen molar-refractivity contribution in [1.82, 2.24) is 0 Å². The number of rotatable bonds is 9. The lowest BCUT2D eigenvalue weighted by molar-refractivity contribution is -0.141. The van der Waals surface area contributed by atoms with E-state index in [0.29, 0.717) is 18.8 Å². The Kier molecular flexibility index (Phi) is 9.12. The molecule has 2 aliphatic carbocycles. The Labute approximate surface area is 160 Å². The molecule has 2 aliphatic rings. The van der Waals surface area contributed by atoms with Gasteiger partial charge in [-0.3, -0.25) is 0 Å². The fourth-order valence-electron chi connectivity index (χ4n) is 4.08. The van der Waals surface area contributed by atoms with Gasteiger partial charge in [-0.15, -0.1) is 11.6 Å². The SMILES string of the molecule is O=C(O)COC/C=C\C[C@@H]1[C@@H](/C=C/[C@@H](O)C2CCCCC2)[C@H](O)C[C@H]1Cl. The van der Waals surface area contributed by atoms with Gasteiger partial charge in [0.15, 0.2) is 0 Å². The summed E-state index contributed by atoms with van der Waals surface area (Å²) in [5.41, 5.74) is 0. The summed E-state index contributed by atoms with van der Waals surface area (Å²) < 4.78 is 4.96. The van der Waals surface area contributed by atoms with Crippen molar-refractivity contribution in [1.29, 1.82) is 0 Å². The van der Waals surface area contributed by atoms with E-state index in [1.165, 1.54) is 19.3 Å². The molecule has 0 aromatic heterocycles. The molecular weight excluding hydrogens is 356 g/mol. The first kappa shape index (κ1) is 21.4. The van der Waals surface area contributed by atoms with Crippen molar-refractivity contribution in [2.24, 2.45) is 17.8 Å². The fourth-order valence-corrected chi connectivity index (χ4v) is 4.53. The minimum absolute atomic E-state index is 0.0691. The molecule has 148 valence electrons. The second kappa shape index (κ2) is 11.1. The van der Waals surface area contributed by atoms with Gasteiger partial charge < -0.3 is 20.1 Å². The maximum absolute atomic E-state index is 10.4. The average Bonchev–Trinajstić information content (AvgIpc) is 2.89. The molecule has 0 aromatic rings. The quantitative estimate of drug-likeness (QED) is 0.322. The number of carboxylic acid groups (broad SMARTS) is 1. The summed E-state index contributed by atoms with van der Waals surface area (Å²) in [5, 5.41) is 29.1. The van der Waals surface area contributed by atoms with Crippen molar-refractivity contribution in [2.75, 3.05) is 13.2 Å². The highest BCUT2D eigenvalue weighted by Crippen LogP contribution is 2.39. The van der Waals surface area contributed by atoms with Crippen molar-refractivity contribution in [3.63, 3.8) is 0 Å². The topological polar surface area (TPSA) is 87.0 Å². The van der Waals surface area contributed by atoms with Crippen LogP contribution in [-0.4, -0.2) is 52.1 Å². The van der Waals surface area contributed by atoms with Crippen molar-refractivity contribution in [2.45, 2.75) is 62.5 Å². The molecule has 26 heavy (non-hydrogen) atoms. The zero-order chi connectivity index (χ0) is 18.9. The van der Waals surface area contributed by atoms with Crippen LogP contribution in [0.3, 0.4) is 0 Å². The van der Waals surface area contributed by atoms with Crippen LogP contribution >= 0.6 is 11.6 Å². The number of allylic oxidation sites excluding steroid dienone is 1. The highest BCUT2D eigenvalue weighted by atomic mass is 35.5. The zero-order valence-electron chi connectivity index (χ0n) is 15.2. The minimum atomic E-state index is -0.986. The van der Waals surface area contributed by atoms with Crippen LogP contribution in [-0.2, 0) is 9.53 Å². The summed E-state index contributed by atoms with van der Waals surface area (Å²) in [6.07, 6.45) is 13.6. The molecule has 0 aliphatic heterocycles. The van der Waals surface area contributed by atoms with Crippen LogP contribution < -0.4 is 0 Å². The minimum Gasteiger partial charge on any atom is -0.480 e. The Morgan fingerprint density at radius 1 is 1.23 bits per heavy atom. The van der Waals surface area contributed by atoms with Crippen LogP contribution in [0.15, 0.2) is 24.3 Å². The van der Waals surface area contributed by atoms with E-state index in [9.17, 15) is 15.0 Å². The smallest absolute Gasteiger partial charge is 0.329 e. The zero-order valence-corrected chi connectivity index (χ0v) is 15.9. The van der Waals surface area contributed by atoms with E-state index in [4.69, 9.17) is 21.4 Å². The molecule has 0 aromatic carbocycles. The number of hydrogen-bond donors (Lipinski definition) is 3. The third-order valence-electron chi connectivity index (χ3n) is 5.55. The van der Waals surface area contributed by atoms with E-state index in [-0.39, 0.29) is 30.4 Å². The summed E-state index contributed by atoms with van der Waals surface area (Å²) >= 11 is 6.41. The standard InChI is InChI=1S/C20H31ClO5/c21-17-12-19(23)16(9-10-18(22)14-6-2-1-3-7-14)15(17)8-4-5-11-26-13-20(24)25/h4-5,9-10,14-19,22-23H,1-3,6-8,11-13H2,(H,24,25)/b5-4-,10-9+/t15-,16-,17-,18-,19-/m1/s1. The second-order valence-corrected chi connectivity index (χ2v) is 8.01. The largest absolute Gasteiger partial charge is 0.480 e. The summed E-state index contributed by atoms with van der Waals surface area (Å²) in [4.78, 5) is 10.4. The molecular formula is C20H31ClO5. The van der Waals surface area contributed by atoms with Crippen molar-refractivity contribution < 1.29 is 24.9 Å². The van der Waals surface area contributed by atoms with Crippen molar-refractivity contribution >= 4 is 17.6 Å². The Morgan fingerprint density at radius 3 is 2.65 bits per heavy atom. The molecule has 2 saturated carbocycles. The van der Waals surface area contributed by atoms with Gasteiger partial charge in [0, 0.05) is 11.3 Å². The second-order valence-electron chi connectivity index (χ2n) is 7.45. The molecule has 5 atom stereocenters. The Balaban J connectivity index is 1.84. The summed E-state index contributed by atoms with van der Waals surface area (Å²) in [6, 6.07) is 0. The summed E-state index contributed by atoms with van der Waals surface area (Å²) in [7, 11) is 0. The number of aliphatic hydroxyl groups is 2. The van der Waals surface area contributed by atoms with Gasteiger partial charge in [0.25, 0.3) is 0 Å². The van der Waals surface area contributed by atoms with Crippen LogP contribution in [0.1, 0.15) is 44.9 Å². The molecule has 2 fully saturated rings. The molecule has 0 spiro atoms. The number of hydrogen-bond acceptors (Lipinski definition) is 4. The molecule has 5 nitrogen and oxygen atoms in total. The predicted octanol–water partition coefficient (Wildman–Crippen LogP) is 3.14. The first-order valence-corrected chi connectivity index (χ1v) is 10.1. The Hall–Kier alpha value is -0.880. The number of carboxylic acids is 1. The summed E-state index contributed by atoms with van der Waals surface area (Å²) in [5.74, 6) is -0.632. The Bertz CT molecular complexity index is 487. The van der Waals surface area contributed by atoms with Gasteiger partial charge in [0.05, 0.1) is 18.8 Å². The average molecular weight is 387 g/mol. The van der Waals surface area contributed by atoms with Gasteiger partial charge >= 0.3 is 5.97 Å². The van der Waals surface area contributed by atoms with Crippen LogP contribution in [0.5, 0.6) is 0 Å². The van der Waals surface area contributed by atoms with Crippen LogP contribution in [0.25, 0.3) is 0 Å². The molecule has 0 saturated heterocycles. The number of aliphatic hydroxyl groups excluding tert-OH is 2. The monoisotopic (exact) mass is 386 g/mol. The molecule has 0 bridgehead atoms. The van der Waals surface area contributed by atoms with E-state index in [2.05, 4.69) is 0 Å². The van der Waals surface area contributed by atoms with E-state index >= 15 is 0 Å². The first-order chi connectivity index (χ1) is 12.5. The van der Waals surface area contributed by atoms with Gasteiger partial charge in [0.2, 0.25) is 0 Å². The molecule has 6 heteroatoms. The van der Waals surface area contributed by atoms with Gasteiger partial charge in [0.1, 0.15) is 6.61 Å². The highest BCUT2D eigenvalue weighted by Gasteiger charge is 2.39. The van der Waals surface area contributed by atoms with E-state index in [0.717, 1.165) is 12.8 Å². The number of aliphatic carboxylic acids is 1. The lowest BCUT2D eigenvalue weighted by Gasteiger charge is -2.25. The van der Waals surface area contributed by atoms with E-state index in [1.54, 1.807) is 6.08 Å². The molecule has 0 radical (unpaired) electrons. The molecule has 0 unspecified atom stereocenters. The summed E-state index contributed by atoms with van der Waals surface area (Å²) in [6.45, 7) is -0.0650. The van der Waals surface area contributed by atoms with Crippen LogP contribution in [0.2, 0.25) is 0 Å². The Morgan fingerprint density at radius 2 is 1.96 bits per heavy atom. The third kappa shape index (κ3) is 6.69. The van der Waals surface area contributed by atoms with E-state index in [1.807, 2.05) is 18.2 Å². The van der Waals surface area contributed by atoms with Crippen LogP contribution in [0.4, 0.5) is 0 Å². The van der Waals surface area contributed by atoms with Gasteiger partial charge in [-0.25, -0.2) is 4.79 Å². The lowest BCUT2D eigenvalue weighted by Crippen LogP contribution is -2.23. The van der Waals surface area contributed by atoms with Crippen molar-refractivity contribution in [3.05, 3.63) is 24.3 Å². The third-order valence-corrected chi connectivity index (χ3v) is 6.05. The molecule has 3 N–H and O–H groups in total. The van der Waals surface area contributed by atoms with Crippen molar-refractivity contribution in [3.8, 4) is 0 Å². The molecule has 0 amide bonds. The number of ether oxygens (including phenoxy) is 1. The highest BCUT2D eigenvalue weighted by molar-refractivity contribution is 6.21. The van der Waals surface area contributed by atoms with Gasteiger partial charge in [-0.05, 0) is 37.5 Å². The lowest BCUT2D eigenvalue weighted by atomic mass is 9.84. The maximum atomic E-state index is 10.4. The normalized spacial score (nSPS) is 31.8. The van der Waals surface area contributed by atoms with Gasteiger partial charge in [-0.2, -0.15) is 0 Å². The first-order valence-electron chi connectivity index (χ1n) is 9.62. The van der Waals surface area contributed by atoms with Gasteiger partial charge in [-0.1, -0.05) is 43.6 Å². The number of alkyl halides is 1. The maximum Gasteiger partial charge on any atom is 0.329 e. The number of halogens is 1. The van der Waals surface area contributed by atoms with E-state index < -0.39 is 18.2 Å². The predicted molar refractivity (Wildman–Crippen MR) is 101 cm³/mol. The number of carbonyl (C=O) groups is 1.